The smallest absolute Gasteiger partial charge is 0.185 e. The third-order valence-corrected chi connectivity index (χ3v) is 4.04. The van der Waals surface area contributed by atoms with Crippen molar-refractivity contribution in [1.82, 2.24) is 0 Å². The van der Waals surface area contributed by atoms with Gasteiger partial charge in [-0.15, -0.1) is 0 Å². The fourth-order valence-electron chi connectivity index (χ4n) is 2.80. The molecule has 0 unspecified atom stereocenters. The monoisotopic (exact) mass is 410 g/mol. The summed E-state index contributed by atoms with van der Waals surface area (Å²) in [5.41, 5.74) is 1.71. The lowest BCUT2D eigenvalue weighted by molar-refractivity contribution is 0.104. The molecule has 0 atom stereocenters. The van der Waals surface area contributed by atoms with Gasteiger partial charge in [0.25, 0.3) is 0 Å². The molecule has 0 aliphatic carbocycles. The molecule has 0 bridgehead atoms. The minimum Gasteiger partial charge on any atom is -0.494 e. The van der Waals surface area contributed by atoms with E-state index in [9.17, 15) is 4.79 Å². The summed E-state index contributed by atoms with van der Waals surface area (Å²) < 4.78 is 17.7. The van der Waals surface area contributed by atoms with Crippen molar-refractivity contribution in [3.05, 3.63) is 59.2 Å². The zero-order valence-electron chi connectivity index (χ0n) is 19.5. The molecule has 0 saturated carbocycles. The van der Waals surface area contributed by atoms with Gasteiger partial charge in [0, 0.05) is 11.1 Å². The lowest BCUT2D eigenvalue weighted by Crippen LogP contribution is -2.25. The minimum absolute atomic E-state index is 0.0739. The molecular formula is C26H34O4. The van der Waals surface area contributed by atoms with E-state index in [-0.39, 0.29) is 17.0 Å². The molecule has 0 spiro atoms. The van der Waals surface area contributed by atoms with E-state index in [0.717, 1.165) is 28.4 Å². The zero-order valence-corrected chi connectivity index (χ0v) is 19.5. The minimum atomic E-state index is -0.343. The first-order valence-electron chi connectivity index (χ1n) is 10.4. The third-order valence-electron chi connectivity index (χ3n) is 4.04. The van der Waals surface area contributed by atoms with Crippen molar-refractivity contribution >= 4 is 11.9 Å². The molecule has 0 amide bonds. The Labute approximate surface area is 180 Å². The molecule has 0 aromatic heterocycles. The standard InChI is InChI=1S/C26H34O4/c1-9-28-21-13-11-20(12-14-21)22(27)15-10-19-16-23(29-25(3,4)5)18(2)24(17-19)30-26(6,7)8/h10-17H,9H2,1-8H3. The summed E-state index contributed by atoms with van der Waals surface area (Å²) >= 11 is 0. The van der Waals surface area contributed by atoms with Crippen LogP contribution in [0.25, 0.3) is 6.08 Å². The number of ether oxygens (including phenoxy) is 3. The molecule has 0 N–H and O–H groups in total. The summed E-state index contributed by atoms with van der Waals surface area (Å²) in [6.07, 6.45) is 3.37. The van der Waals surface area contributed by atoms with Crippen LogP contribution in [0.3, 0.4) is 0 Å². The topological polar surface area (TPSA) is 44.8 Å². The fraction of sp³-hybridized carbons (Fsp3) is 0.423. The number of allylic oxidation sites excluding steroid dienone is 1. The van der Waals surface area contributed by atoms with Crippen LogP contribution in [0.1, 0.15) is 70.0 Å². The summed E-state index contributed by atoms with van der Waals surface area (Å²) in [5, 5.41) is 0. The van der Waals surface area contributed by atoms with E-state index < -0.39 is 0 Å². The van der Waals surface area contributed by atoms with Gasteiger partial charge in [-0.2, -0.15) is 0 Å². The Morgan fingerprint density at radius 2 is 1.40 bits per heavy atom. The molecule has 0 radical (unpaired) electrons. The third kappa shape index (κ3) is 7.25. The molecule has 2 aromatic carbocycles. The normalized spacial score (nSPS) is 12.1. The summed E-state index contributed by atoms with van der Waals surface area (Å²) in [5.74, 6) is 2.18. The number of benzene rings is 2. The van der Waals surface area contributed by atoms with Crippen LogP contribution in [0.15, 0.2) is 42.5 Å². The van der Waals surface area contributed by atoms with Crippen molar-refractivity contribution in [3.63, 3.8) is 0 Å². The highest BCUT2D eigenvalue weighted by Crippen LogP contribution is 2.34. The Hall–Kier alpha value is -2.75. The second kappa shape index (κ2) is 9.38. The highest BCUT2D eigenvalue weighted by Gasteiger charge is 2.19. The lowest BCUT2D eigenvalue weighted by atomic mass is 10.1. The van der Waals surface area contributed by atoms with E-state index in [1.54, 1.807) is 36.4 Å². The van der Waals surface area contributed by atoms with Crippen molar-refractivity contribution in [1.29, 1.82) is 0 Å². The average Bonchev–Trinajstić information content (AvgIpc) is 2.62. The van der Waals surface area contributed by atoms with Crippen molar-refractivity contribution in [2.45, 2.75) is 66.6 Å². The van der Waals surface area contributed by atoms with Gasteiger partial charge in [0.1, 0.15) is 28.5 Å². The molecule has 0 aliphatic rings. The molecule has 2 aromatic rings. The molecule has 0 heterocycles. The molecule has 0 fully saturated rings. The van der Waals surface area contributed by atoms with Crippen molar-refractivity contribution in [2.24, 2.45) is 0 Å². The Kier molecular flexibility index (Phi) is 7.35. The first-order chi connectivity index (χ1) is 13.9. The van der Waals surface area contributed by atoms with E-state index >= 15 is 0 Å². The van der Waals surface area contributed by atoms with Gasteiger partial charge in [-0.1, -0.05) is 6.08 Å². The first-order valence-corrected chi connectivity index (χ1v) is 10.4. The highest BCUT2D eigenvalue weighted by molar-refractivity contribution is 6.06. The van der Waals surface area contributed by atoms with Crippen LogP contribution in [0.5, 0.6) is 17.2 Å². The van der Waals surface area contributed by atoms with E-state index in [4.69, 9.17) is 14.2 Å². The largest absolute Gasteiger partial charge is 0.494 e. The summed E-state index contributed by atoms with van der Waals surface area (Å²) in [7, 11) is 0. The number of rotatable bonds is 7. The Bertz CT molecular complexity index is 857. The number of hydrogen-bond donors (Lipinski definition) is 0. The fourth-order valence-corrected chi connectivity index (χ4v) is 2.80. The molecule has 30 heavy (non-hydrogen) atoms. The molecular weight excluding hydrogens is 376 g/mol. The van der Waals surface area contributed by atoms with Gasteiger partial charge in [0.05, 0.1) is 6.61 Å². The number of hydrogen-bond acceptors (Lipinski definition) is 4. The number of carbonyl (C=O) groups is 1. The van der Waals surface area contributed by atoms with Gasteiger partial charge < -0.3 is 14.2 Å². The molecule has 0 aliphatic heterocycles. The molecule has 0 saturated heterocycles. The maximum atomic E-state index is 12.6. The van der Waals surface area contributed by atoms with E-state index in [1.807, 2.05) is 67.5 Å². The Morgan fingerprint density at radius 1 is 0.900 bits per heavy atom. The van der Waals surface area contributed by atoms with Gasteiger partial charge in [-0.25, -0.2) is 0 Å². The van der Waals surface area contributed by atoms with Gasteiger partial charge in [0.15, 0.2) is 5.78 Å². The summed E-state index contributed by atoms with van der Waals surface area (Å²) in [4.78, 5) is 12.6. The predicted molar refractivity (Wildman–Crippen MR) is 123 cm³/mol. The molecule has 162 valence electrons. The summed E-state index contributed by atoms with van der Waals surface area (Å²) in [6.45, 7) is 16.6. The van der Waals surface area contributed by atoms with Crippen LogP contribution in [0.2, 0.25) is 0 Å². The first kappa shape index (κ1) is 23.5. The second-order valence-electron chi connectivity index (χ2n) is 9.23. The van der Waals surface area contributed by atoms with Crippen LogP contribution in [0.4, 0.5) is 0 Å². The van der Waals surface area contributed by atoms with E-state index in [1.165, 1.54) is 0 Å². The van der Waals surface area contributed by atoms with Crippen LogP contribution in [-0.4, -0.2) is 23.6 Å². The molecule has 4 heteroatoms. The van der Waals surface area contributed by atoms with Crippen molar-refractivity contribution in [2.75, 3.05) is 6.61 Å². The predicted octanol–water partition coefficient (Wildman–Crippen LogP) is 6.64. The van der Waals surface area contributed by atoms with Crippen molar-refractivity contribution in [3.8, 4) is 17.2 Å². The molecule has 4 nitrogen and oxygen atoms in total. The maximum Gasteiger partial charge on any atom is 0.185 e. The number of ketones is 1. The number of carbonyl (C=O) groups excluding carboxylic acids is 1. The Balaban J connectivity index is 2.33. The maximum absolute atomic E-state index is 12.6. The van der Waals surface area contributed by atoms with Gasteiger partial charge >= 0.3 is 0 Å². The van der Waals surface area contributed by atoms with Crippen molar-refractivity contribution < 1.29 is 19.0 Å². The zero-order chi connectivity index (χ0) is 22.5. The van der Waals surface area contributed by atoms with Crippen LogP contribution in [0, 0.1) is 6.92 Å². The van der Waals surface area contributed by atoms with Gasteiger partial charge in [0.2, 0.25) is 0 Å². The van der Waals surface area contributed by atoms with Gasteiger partial charge in [-0.05, 0) is 103 Å². The van der Waals surface area contributed by atoms with Crippen LogP contribution in [-0.2, 0) is 0 Å². The van der Waals surface area contributed by atoms with Crippen LogP contribution >= 0.6 is 0 Å². The lowest BCUT2D eigenvalue weighted by Gasteiger charge is -2.27. The highest BCUT2D eigenvalue weighted by atomic mass is 16.5. The average molecular weight is 411 g/mol. The molecule has 2 rings (SSSR count). The van der Waals surface area contributed by atoms with Gasteiger partial charge in [-0.3, -0.25) is 4.79 Å². The quantitative estimate of drug-likeness (QED) is 0.379. The second-order valence-corrected chi connectivity index (χ2v) is 9.23. The summed E-state index contributed by atoms with van der Waals surface area (Å²) in [6, 6.07) is 11.0. The van der Waals surface area contributed by atoms with Crippen LogP contribution < -0.4 is 14.2 Å². The Morgan fingerprint density at radius 3 is 1.83 bits per heavy atom. The van der Waals surface area contributed by atoms with E-state index in [2.05, 4.69) is 0 Å². The van der Waals surface area contributed by atoms with E-state index in [0.29, 0.717) is 12.2 Å². The SMILES string of the molecule is CCOc1ccc(C(=O)C=Cc2cc(OC(C)(C)C)c(C)c(OC(C)(C)C)c2)cc1.